The lowest BCUT2D eigenvalue weighted by atomic mass is 9.91. The Labute approximate surface area is 230 Å². The number of aliphatic hydroxyl groups excluding tert-OH is 2. The van der Waals surface area contributed by atoms with E-state index in [0.29, 0.717) is 0 Å². The number of ether oxygens (including phenoxy) is 2. The lowest BCUT2D eigenvalue weighted by Crippen LogP contribution is -2.30. The van der Waals surface area contributed by atoms with Crippen LogP contribution in [0.3, 0.4) is 0 Å². The molecule has 4 atom stereocenters. The maximum absolute atomic E-state index is 12.9. The van der Waals surface area contributed by atoms with Crippen molar-refractivity contribution < 1.29 is 55.4 Å². The standard InChI is InChI=1S/C29H24O12/c30-12-4-17(32)14-8-20(35)28(40-22(14)6-12)11-1-10-2-16(25(37)27(39)24(10)26(38)19(34)3-11)29-21(36)9-15-18(33)5-13(31)7-23(15)41-29/h1-7,20-21,28-33,35-37,39H,8-9H2,(H,34,38)/t20-,21+,28+,29-/m0/s1. The second-order valence-corrected chi connectivity index (χ2v) is 10.1. The molecule has 0 radical (unpaired) electrons. The van der Waals surface area contributed by atoms with Gasteiger partial charge in [-0.1, -0.05) is 0 Å². The Morgan fingerprint density at radius 1 is 0.610 bits per heavy atom. The van der Waals surface area contributed by atoms with E-state index in [9.17, 15) is 50.8 Å². The minimum absolute atomic E-state index is 0.00519. The van der Waals surface area contributed by atoms with E-state index in [1.807, 2.05) is 0 Å². The van der Waals surface area contributed by atoms with Crippen molar-refractivity contribution in [1.29, 1.82) is 0 Å². The van der Waals surface area contributed by atoms with Crippen molar-refractivity contribution in [2.75, 3.05) is 0 Å². The molecule has 41 heavy (non-hydrogen) atoms. The molecule has 0 saturated heterocycles. The van der Waals surface area contributed by atoms with Crippen LogP contribution in [0.1, 0.15) is 34.5 Å². The first-order valence-corrected chi connectivity index (χ1v) is 12.5. The van der Waals surface area contributed by atoms with Crippen LogP contribution in [-0.4, -0.2) is 58.2 Å². The SMILES string of the molecule is O=c1cc([C@H]2Oc3cc(O)cc(O)c3C[C@@H]2O)cc2cc([C@@H]3Oc4cc(O)cc(O)c4C[C@H]3O)c(O)c(O)c2c1O. The Balaban J connectivity index is 1.50. The number of aromatic hydroxyl groups is 7. The molecule has 12 heteroatoms. The number of hydrogen-bond donors (Lipinski definition) is 9. The van der Waals surface area contributed by atoms with E-state index >= 15 is 0 Å². The Hall–Kier alpha value is -5.07. The summed E-state index contributed by atoms with van der Waals surface area (Å²) in [4.78, 5) is 12.9. The van der Waals surface area contributed by atoms with E-state index < -0.39 is 52.5 Å². The largest absolute Gasteiger partial charge is 0.508 e. The summed E-state index contributed by atoms with van der Waals surface area (Å²) in [5.74, 6) is -3.66. The molecule has 4 aromatic carbocycles. The van der Waals surface area contributed by atoms with E-state index in [1.165, 1.54) is 24.3 Å². The van der Waals surface area contributed by atoms with Crippen LogP contribution in [0, 0.1) is 0 Å². The zero-order valence-electron chi connectivity index (χ0n) is 21.0. The van der Waals surface area contributed by atoms with Crippen LogP contribution < -0.4 is 14.9 Å². The topological polar surface area (TPSA) is 218 Å². The molecule has 0 aliphatic carbocycles. The summed E-state index contributed by atoms with van der Waals surface area (Å²) in [6.45, 7) is 0. The molecule has 0 amide bonds. The molecule has 0 bridgehead atoms. The second kappa shape index (κ2) is 9.25. The maximum Gasteiger partial charge on any atom is 0.221 e. The Morgan fingerprint density at radius 3 is 1.73 bits per heavy atom. The average molecular weight is 564 g/mol. The number of hydrogen-bond acceptors (Lipinski definition) is 12. The molecule has 12 nitrogen and oxygen atoms in total. The van der Waals surface area contributed by atoms with Crippen LogP contribution in [-0.2, 0) is 12.8 Å². The molecular formula is C29H24O12. The van der Waals surface area contributed by atoms with Gasteiger partial charge in [0, 0.05) is 53.8 Å². The van der Waals surface area contributed by atoms with Crippen molar-refractivity contribution in [2.45, 2.75) is 37.3 Å². The van der Waals surface area contributed by atoms with E-state index in [2.05, 4.69) is 0 Å². The number of phenolic OH excluding ortho intramolecular Hbond substituents is 6. The molecule has 2 aliphatic heterocycles. The van der Waals surface area contributed by atoms with Gasteiger partial charge >= 0.3 is 0 Å². The Morgan fingerprint density at radius 2 is 1.15 bits per heavy atom. The van der Waals surface area contributed by atoms with Crippen LogP contribution in [0.5, 0.6) is 51.7 Å². The first-order valence-electron chi connectivity index (χ1n) is 12.5. The molecule has 0 unspecified atom stereocenters. The third-order valence-corrected chi connectivity index (χ3v) is 7.43. The third-order valence-electron chi connectivity index (χ3n) is 7.43. The summed E-state index contributed by atoms with van der Waals surface area (Å²) in [5.41, 5.74) is -0.578. The highest BCUT2D eigenvalue weighted by Crippen LogP contribution is 2.48. The number of benzene rings is 3. The van der Waals surface area contributed by atoms with Crippen molar-refractivity contribution in [2.24, 2.45) is 0 Å². The minimum atomic E-state index is -1.33. The van der Waals surface area contributed by atoms with Crippen molar-refractivity contribution in [3.63, 3.8) is 0 Å². The number of aliphatic hydroxyl groups is 2. The Kier molecular flexibility index (Phi) is 5.90. The summed E-state index contributed by atoms with van der Waals surface area (Å²) in [6.07, 6.45) is -5.35. The Bertz CT molecular complexity index is 1800. The van der Waals surface area contributed by atoms with Crippen molar-refractivity contribution in [3.8, 4) is 51.7 Å². The first kappa shape index (κ1) is 26.2. The fourth-order valence-corrected chi connectivity index (χ4v) is 5.49. The minimum Gasteiger partial charge on any atom is -0.508 e. The van der Waals surface area contributed by atoms with E-state index in [1.54, 1.807) is 0 Å². The monoisotopic (exact) mass is 564 g/mol. The van der Waals surface area contributed by atoms with Gasteiger partial charge in [-0.2, -0.15) is 0 Å². The van der Waals surface area contributed by atoms with Gasteiger partial charge in [-0.05, 0) is 29.1 Å². The highest BCUT2D eigenvalue weighted by atomic mass is 16.5. The average Bonchev–Trinajstić information content (AvgIpc) is 3.02. The van der Waals surface area contributed by atoms with Gasteiger partial charge in [0.2, 0.25) is 5.43 Å². The molecule has 6 rings (SSSR count). The smallest absolute Gasteiger partial charge is 0.221 e. The molecule has 0 spiro atoms. The fourth-order valence-electron chi connectivity index (χ4n) is 5.49. The van der Waals surface area contributed by atoms with Gasteiger partial charge < -0.3 is 55.4 Å². The van der Waals surface area contributed by atoms with Gasteiger partial charge in [-0.15, -0.1) is 0 Å². The van der Waals surface area contributed by atoms with E-state index in [0.717, 1.165) is 18.2 Å². The fraction of sp³-hybridized carbons (Fsp3) is 0.207. The predicted octanol–water partition coefficient (Wildman–Crippen LogP) is 2.21. The molecule has 2 aliphatic rings. The highest BCUT2D eigenvalue weighted by molar-refractivity contribution is 5.96. The quantitative estimate of drug-likeness (QED) is 0.160. The summed E-state index contributed by atoms with van der Waals surface area (Å²) in [7, 11) is 0. The number of phenols is 6. The van der Waals surface area contributed by atoms with Crippen molar-refractivity contribution in [3.05, 3.63) is 74.9 Å². The van der Waals surface area contributed by atoms with Gasteiger partial charge in [0.25, 0.3) is 0 Å². The molecule has 2 heterocycles. The predicted molar refractivity (Wildman–Crippen MR) is 141 cm³/mol. The lowest BCUT2D eigenvalue weighted by Gasteiger charge is -2.32. The van der Waals surface area contributed by atoms with Gasteiger partial charge in [-0.25, -0.2) is 0 Å². The second-order valence-electron chi connectivity index (χ2n) is 10.1. The highest BCUT2D eigenvalue weighted by Gasteiger charge is 2.36. The van der Waals surface area contributed by atoms with Crippen LogP contribution in [0.4, 0.5) is 0 Å². The third kappa shape index (κ3) is 4.20. The summed E-state index contributed by atoms with van der Waals surface area (Å²) < 4.78 is 11.6. The van der Waals surface area contributed by atoms with Crippen molar-refractivity contribution >= 4 is 10.8 Å². The lowest BCUT2D eigenvalue weighted by molar-refractivity contribution is 0.0184. The molecule has 212 valence electrons. The van der Waals surface area contributed by atoms with Gasteiger partial charge in [-0.3, -0.25) is 4.79 Å². The van der Waals surface area contributed by atoms with Crippen LogP contribution in [0.2, 0.25) is 0 Å². The van der Waals surface area contributed by atoms with Crippen molar-refractivity contribution in [1.82, 2.24) is 0 Å². The molecular weight excluding hydrogens is 540 g/mol. The molecule has 4 aromatic rings. The van der Waals surface area contributed by atoms with E-state index in [4.69, 9.17) is 9.47 Å². The normalized spacial score (nSPS) is 21.4. The summed E-state index contributed by atoms with van der Waals surface area (Å²) in [5, 5.41) is 93.8. The molecule has 9 N–H and O–H groups in total. The first-order chi connectivity index (χ1) is 19.4. The maximum atomic E-state index is 12.9. The number of rotatable bonds is 2. The van der Waals surface area contributed by atoms with E-state index in [-0.39, 0.29) is 75.0 Å². The van der Waals surface area contributed by atoms with Gasteiger partial charge in [0.15, 0.2) is 23.4 Å². The van der Waals surface area contributed by atoms with Gasteiger partial charge in [0.05, 0.1) is 17.6 Å². The van der Waals surface area contributed by atoms with Crippen LogP contribution in [0.25, 0.3) is 10.8 Å². The number of fused-ring (bicyclic) bond motifs is 3. The zero-order chi connectivity index (χ0) is 29.3. The molecule has 0 fully saturated rings. The summed E-state index contributed by atoms with van der Waals surface area (Å²) >= 11 is 0. The molecule has 0 aromatic heterocycles. The molecule has 0 saturated carbocycles. The summed E-state index contributed by atoms with van der Waals surface area (Å²) in [6, 6.07) is 8.23. The van der Waals surface area contributed by atoms with Crippen LogP contribution >= 0.6 is 0 Å². The van der Waals surface area contributed by atoms with Gasteiger partial charge in [0.1, 0.15) is 40.6 Å². The zero-order valence-corrected chi connectivity index (χ0v) is 21.0. The van der Waals surface area contributed by atoms with Crippen LogP contribution in [0.15, 0.2) is 47.3 Å².